The highest BCUT2D eigenvalue weighted by molar-refractivity contribution is 6.01. The molecule has 5 rings (SSSR count). The second kappa shape index (κ2) is 30.3. The first kappa shape index (κ1) is 64.2. The molecule has 3 aliphatic rings. The maximum atomic E-state index is 14.5. The first-order chi connectivity index (χ1) is 36.4. The molecule has 0 saturated carbocycles. The Labute approximate surface area is 470 Å². The van der Waals surface area contributed by atoms with Crippen molar-refractivity contribution in [2.75, 3.05) is 19.6 Å². The highest BCUT2D eigenvalue weighted by Crippen LogP contribution is 2.47. The van der Waals surface area contributed by atoms with E-state index < -0.39 is 24.0 Å². The van der Waals surface area contributed by atoms with E-state index in [0.29, 0.717) is 29.9 Å². The van der Waals surface area contributed by atoms with Gasteiger partial charge in [-0.25, -0.2) is 9.59 Å². The minimum atomic E-state index is -1.92. The summed E-state index contributed by atoms with van der Waals surface area (Å²) >= 11 is 0. The molecule has 0 spiro atoms. The van der Waals surface area contributed by atoms with Crippen molar-refractivity contribution in [3.05, 3.63) is 44.5 Å². The average Bonchev–Trinajstić information content (AvgIpc) is 3.90. The zero-order chi connectivity index (χ0) is 56.6. The van der Waals surface area contributed by atoms with E-state index in [-0.39, 0.29) is 17.6 Å². The van der Waals surface area contributed by atoms with Gasteiger partial charge in [0.25, 0.3) is 6.10 Å². The molecular formula is C68H111NO8. The van der Waals surface area contributed by atoms with Gasteiger partial charge in [0.1, 0.15) is 34.2 Å². The number of benzene rings is 2. The Bertz CT molecular complexity index is 2090. The third kappa shape index (κ3) is 19.3. The molecule has 77 heavy (non-hydrogen) atoms. The molecular weight excluding hydrogens is 959 g/mol. The molecule has 2 aromatic carbocycles. The first-order valence-corrected chi connectivity index (χ1v) is 31.4. The van der Waals surface area contributed by atoms with E-state index in [9.17, 15) is 14.4 Å². The van der Waals surface area contributed by atoms with Gasteiger partial charge in [-0.15, -0.1) is 0 Å². The monoisotopic (exact) mass is 1070 g/mol. The van der Waals surface area contributed by atoms with E-state index in [1.807, 2.05) is 41.5 Å². The van der Waals surface area contributed by atoms with Crippen LogP contribution in [0.5, 0.6) is 23.0 Å². The predicted molar refractivity (Wildman–Crippen MR) is 317 cm³/mol. The second-order valence-electron chi connectivity index (χ2n) is 26.9. The van der Waals surface area contributed by atoms with Gasteiger partial charge in [0.2, 0.25) is 0 Å². The summed E-state index contributed by atoms with van der Waals surface area (Å²) in [4.78, 5) is 44.8. The van der Waals surface area contributed by atoms with E-state index in [2.05, 4.69) is 74.1 Å². The number of rotatable bonds is 32. The third-order valence-corrected chi connectivity index (χ3v) is 18.6. The van der Waals surface area contributed by atoms with Crippen LogP contribution in [0, 0.1) is 77.0 Å². The fraction of sp³-hybridized carbons (Fsp3) is 0.779. The molecule has 3 aliphatic heterocycles. The Kier molecular flexibility index (Phi) is 25.3. The van der Waals surface area contributed by atoms with Crippen molar-refractivity contribution in [1.82, 2.24) is 4.90 Å². The lowest BCUT2D eigenvalue weighted by molar-refractivity contribution is -0.172. The van der Waals surface area contributed by atoms with E-state index >= 15 is 0 Å². The minimum absolute atomic E-state index is 0.0447. The maximum absolute atomic E-state index is 14.5. The molecule has 6 atom stereocenters. The molecule has 0 N–H and O–H groups in total. The van der Waals surface area contributed by atoms with Crippen LogP contribution in [0.25, 0.3) is 0 Å². The molecule has 1 fully saturated rings. The Balaban J connectivity index is 1.23. The van der Waals surface area contributed by atoms with Gasteiger partial charge in [0.05, 0.1) is 6.42 Å². The average molecular weight is 1070 g/mol. The molecule has 0 aliphatic carbocycles. The van der Waals surface area contributed by atoms with Crippen molar-refractivity contribution in [1.29, 1.82) is 0 Å². The fourth-order valence-electron chi connectivity index (χ4n) is 12.8. The van der Waals surface area contributed by atoms with Crippen LogP contribution in [-0.4, -0.2) is 59.7 Å². The highest BCUT2D eigenvalue weighted by atomic mass is 16.6. The molecule has 0 radical (unpaired) electrons. The summed E-state index contributed by atoms with van der Waals surface area (Å²) in [6, 6.07) is 0. The number of fused-ring (bicyclic) bond motifs is 2. The molecule has 1 saturated heterocycles. The van der Waals surface area contributed by atoms with Crippen molar-refractivity contribution in [2.24, 2.45) is 35.5 Å². The van der Waals surface area contributed by atoms with Crippen LogP contribution in [0.3, 0.4) is 0 Å². The Hall–Kier alpha value is -3.59. The normalized spacial score (nSPS) is 20.1. The molecule has 0 unspecified atom stereocenters. The number of nitrogens with zero attached hydrogens (tertiary/aromatic N) is 1. The lowest BCUT2D eigenvalue weighted by atomic mass is 9.83. The van der Waals surface area contributed by atoms with E-state index in [1.54, 1.807) is 0 Å². The van der Waals surface area contributed by atoms with Gasteiger partial charge in [-0.1, -0.05) is 145 Å². The number of carbonyl (C=O) groups excluding carboxylic acids is 3. The number of likely N-dealkylation sites (tertiary alicyclic amines) is 1. The SMILES string of the molecule is Cc1c(C)c2c(c(C)c1OC(=O)C(OC(=O)CCN1CCCC1)C(=O)Oc1c(C)c(C)c3c(c1C)CC[C@@](C)(CCC[C@H](C)CCC[C@H](C)CCCC(C)C)O3)CC[C@@](C)(CCC[C@H](C)CCC[C@H](C)CCCC(C)C)O2. The lowest BCUT2D eigenvalue weighted by Crippen LogP contribution is -2.42. The molecule has 2 aromatic rings. The van der Waals surface area contributed by atoms with Crippen molar-refractivity contribution >= 4 is 17.9 Å². The van der Waals surface area contributed by atoms with E-state index in [4.69, 9.17) is 23.7 Å². The van der Waals surface area contributed by atoms with Crippen LogP contribution in [0.4, 0.5) is 0 Å². The van der Waals surface area contributed by atoms with E-state index in [0.717, 1.165) is 157 Å². The molecule has 0 bridgehead atoms. The molecule has 0 aromatic heterocycles. The van der Waals surface area contributed by atoms with Gasteiger partial charge >= 0.3 is 17.9 Å². The van der Waals surface area contributed by atoms with Gasteiger partial charge in [0.15, 0.2) is 0 Å². The summed E-state index contributed by atoms with van der Waals surface area (Å²) in [7, 11) is 0. The number of ether oxygens (including phenoxy) is 5. The standard InChI is InChI=1S/C68H111NO8/c1-45(2)25-19-27-47(5)29-21-31-49(7)33-23-38-67(15)40-35-57-55(13)60(51(9)53(11)62(57)76-67)74-65(71)64(73-59(70)37-44-69-42-17-18-43-69)66(72)75-61-52(10)54(12)63-58(56(61)14)36-41-68(16,77-63)39-24-34-50(8)32-22-30-48(6)28-20-26-46(3)4/h45-50,64H,17-44H2,1-16H3/t47-,48-,49-,50-,67-,68-/m1/s1. The van der Waals surface area contributed by atoms with Crippen molar-refractivity contribution in [3.63, 3.8) is 0 Å². The van der Waals surface area contributed by atoms with Crippen LogP contribution in [-0.2, 0) is 32.0 Å². The molecule has 9 heteroatoms. The number of esters is 3. The van der Waals surface area contributed by atoms with Gasteiger partial charge in [0, 0.05) is 17.7 Å². The summed E-state index contributed by atoms with van der Waals surface area (Å²) in [5.74, 6) is 4.47. The fourth-order valence-corrected chi connectivity index (χ4v) is 12.8. The van der Waals surface area contributed by atoms with Crippen LogP contribution in [0.1, 0.15) is 261 Å². The molecule has 436 valence electrons. The molecule has 3 heterocycles. The van der Waals surface area contributed by atoms with Crippen molar-refractivity contribution in [2.45, 2.75) is 289 Å². The zero-order valence-electron chi connectivity index (χ0n) is 52.1. The Morgan fingerprint density at radius 1 is 0.494 bits per heavy atom. The number of hydrogen-bond donors (Lipinski definition) is 0. The second-order valence-corrected chi connectivity index (χ2v) is 26.9. The van der Waals surface area contributed by atoms with Crippen LogP contribution in [0.2, 0.25) is 0 Å². The summed E-state index contributed by atoms with van der Waals surface area (Å²) in [6.45, 7) is 37.5. The van der Waals surface area contributed by atoms with E-state index in [1.165, 1.54) is 89.9 Å². The lowest BCUT2D eigenvalue weighted by Gasteiger charge is -2.38. The van der Waals surface area contributed by atoms with Gasteiger partial charge in [-0.2, -0.15) is 0 Å². The first-order valence-electron chi connectivity index (χ1n) is 31.4. The van der Waals surface area contributed by atoms with Crippen molar-refractivity contribution < 1.29 is 38.1 Å². The number of carbonyl (C=O) groups is 3. The maximum Gasteiger partial charge on any atom is 0.364 e. The smallest absolute Gasteiger partial charge is 0.364 e. The summed E-state index contributed by atoms with van der Waals surface area (Å²) in [5.41, 5.74) is 6.35. The quantitative estimate of drug-likeness (QED) is 0.0403. The summed E-state index contributed by atoms with van der Waals surface area (Å²) in [6.07, 6.45) is 26.0. The van der Waals surface area contributed by atoms with Crippen molar-refractivity contribution in [3.8, 4) is 23.0 Å². The van der Waals surface area contributed by atoms with Crippen LogP contribution < -0.4 is 18.9 Å². The predicted octanol–water partition coefficient (Wildman–Crippen LogP) is 17.5. The minimum Gasteiger partial charge on any atom is -0.487 e. The largest absolute Gasteiger partial charge is 0.487 e. The van der Waals surface area contributed by atoms with Crippen LogP contribution in [0.15, 0.2) is 0 Å². The Morgan fingerprint density at radius 3 is 1.21 bits per heavy atom. The summed E-state index contributed by atoms with van der Waals surface area (Å²) in [5, 5.41) is 0. The highest BCUT2D eigenvalue weighted by Gasteiger charge is 2.40. The van der Waals surface area contributed by atoms with Gasteiger partial charge < -0.3 is 28.6 Å². The molecule has 9 nitrogen and oxygen atoms in total. The molecule has 0 amide bonds. The summed E-state index contributed by atoms with van der Waals surface area (Å²) < 4.78 is 32.2. The number of hydrogen-bond acceptors (Lipinski definition) is 9. The Morgan fingerprint density at radius 2 is 0.844 bits per heavy atom. The topological polar surface area (TPSA) is 101 Å². The van der Waals surface area contributed by atoms with Gasteiger partial charge in [-0.3, -0.25) is 4.79 Å². The zero-order valence-corrected chi connectivity index (χ0v) is 52.1. The third-order valence-electron chi connectivity index (χ3n) is 18.6. The van der Waals surface area contributed by atoms with Crippen LogP contribution >= 0.6 is 0 Å². The van der Waals surface area contributed by atoms with Gasteiger partial charge in [-0.05, 0) is 202 Å².